The first-order valence-electron chi connectivity index (χ1n) is 6.03. The fourth-order valence-corrected chi connectivity index (χ4v) is 1.68. The summed E-state index contributed by atoms with van der Waals surface area (Å²) in [5.41, 5.74) is 6.73. The van der Waals surface area contributed by atoms with Gasteiger partial charge in [-0.25, -0.2) is 4.98 Å². The number of hydrogen-bond donors (Lipinski definition) is 1. The Morgan fingerprint density at radius 3 is 2.53 bits per heavy atom. The van der Waals surface area contributed by atoms with Crippen LogP contribution in [0, 0.1) is 6.92 Å². The lowest BCUT2D eigenvalue weighted by Crippen LogP contribution is -2.33. The molecule has 0 spiro atoms. The molecular formula is C12H23N5. The van der Waals surface area contributed by atoms with Gasteiger partial charge in [0.25, 0.3) is 0 Å². The molecule has 0 unspecified atom stereocenters. The van der Waals surface area contributed by atoms with Crippen molar-refractivity contribution in [1.82, 2.24) is 14.9 Å². The SMILES string of the molecule is CCCN(CCN(C)C)c1nc(N)ncc1C. The largest absolute Gasteiger partial charge is 0.368 e. The van der Waals surface area contributed by atoms with Gasteiger partial charge in [-0.1, -0.05) is 6.92 Å². The van der Waals surface area contributed by atoms with Crippen molar-refractivity contribution in [3.8, 4) is 0 Å². The highest BCUT2D eigenvalue weighted by molar-refractivity contribution is 5.47. The summed E-state index contributed by atoms with van der Waals surface area (Å²) in [6.45, 7) is 7.14. The van der Waals surface area contributed by atoms with Crippen LogP contribution in [-0.4, -0.2) is 48.6 Å². The maximum atomic E-state index is 5.66. The van der Waals surface area contributed by atoms with Gasteiger partial charge in [0.1, 0.15) is 5.82 Å². The molecule has 0 amide bonds. The molecule has 0 radical (unpaired) electrons. The molecule has 0 bridgehead atoms. The second-order valence-electron chi connectivity index (χ2n) is 4.53. The van der Waals surface area contributed by atoms with E-state index in [-0.39, 0.29) is 0 Å². The van der Waals surface area contributed by atoms with Crippen molar-refractivity contribution in [2.24, 2.45) is 0 Å². The Labute approximate surface area is 104 Å². The van der Waals surface area contributed by atoms with Gasteiger partial charge in [-0.3, -0.25) is 0 Å². The summed E-state index contributed by atoms with van der Waals surface area (Å²) in [4.78, 5) is 12.8. The molecule has 1 rings (SSSR count). The lowest BCUT2D eigenvalue weighted by atomic mass is 10.3. The van der Waals surface area contributed by atoms with E-state index in [0.29, 0.717) is 5.95 Å². The first-order chi connectivity index (χ1) is 8.04. The minimum atomic E-state index is 0.344. The molecule has 2 N–H and O–H groups in total. The predicted octanol–water partition coefficient (Wildman–Crippen LogP) is 1.15. The second kappa shape index (κ2) is 6.39. The molecule has 1 aromatic rings. The van der Waals surface area contributed by atoms with Crippen molar-refractivity contribution < 1.29 is 0 Å². The number of likely N-dealkylation sites (N-methyl/N-ethyl adjacent to an activating group) is 1. The zero-order valence-electron chi connectivity index (χ0n) is 11.3. The maximum absolute atomic E-state index is 5.66. The maximum Gasteiger partial charge on any atom is 0.221 e. The van der Waals surface area contributed by atoms with E-state index in [1.165, 1.54) is 0 Å². The van der Waals surface area contributed by atoms with Gasteiger partial charge in [0, 0.05) is 31.4 Å². The number of nitrogens with two attached hydrogens (primary N) is 1. The summed E-state index contributed by atoms with van der Waals surface area (Å²) in [6.07, 6.45) is 2.88. The monoisotopic (exact) mass is 237 g/mol. The molecule has 0 atom stereocenters. The van der Waals surface area contributed by atoms with Crippen molar-refractivity contribution >= 4 is 11.8 Å². The van der Waals surface area contributed by atoms with Gasteiger partial charge in [-0.05, 0) is 27.4 Å². The molecule has 96 valence electrons. The first-order valence-corrected chi connectivity index (χ1v) is 6.03. The van der Waals surface area contributed by atoms with Crippen molar-refractivity contribution in [2.45, 2.75) is 20.3 Å². The normalized spacial score (nSPS) is 10.9. The highest BCUT2D eigenvalue weighted by atomic mass is 15.2. The smallest absolute Gasteiger partial charge is 0.221 e. The van der Waals surface area contributed by atoms with Gasteiger partial charge in [0.15, 0.2) is 0 Å². The average Bonchev–Trinajstić information content (AvgIpc) is 2.27. The van der Waals surface area contributed by atoms with Gasteiger partial charge >= 0.3 is 0 Å². The molecule has 0 aliphatic carbocycles. The third-order valence-corrected chi connectivity index (χ3v) is 2.57. The number of aryl methyl sites for hydroxylation is 1. The molecule has 0 saturated carbocycles. The van der Waals surface area contributed by atoms with Crippen LogP contribution in [0.3, 0.4) is 0 Å². The van der Waals surface area contributed by atoms with Gasteiger partial charge in [-0.2, -0.15) is 4.98 Å². The van der Waals surface area contributed by atoms with E-state index in [1.807, 2.05) is 6.92 Å². The van der Waals surface area contributed by atoms with Gasteiger partial charge in [-0.15, -0.1) is 0 Å². The Morgan fingerprint density at radius 1 is 1.24 bits per heavy atom. The summed E-state index contributed by atoms with van der Waals surface area (Å²) >= 11 is 0. The lowest BCUT2D eigenvalue weighted by Gasteiger charge is -2.26. The number of hydrogen-bond acceptors (Lipinski definition) is 5. The van der Waals surface area contributed by atoms with Gasteiger partial charge in [0.05, 0.1) is 0 Å². The minimum absolute atomic E-state index is 0.344. The number of anilines is 2. The van der Waals surface area contributed by atoms with Crippen LogP contribution in [0.1, 0.15) is 18.9 Å². The second-order valence-corrected chi connectivity index (χ2v) is 4.53. The Hall–Kier alpha value is -1.36. The Morgan fingerprint density at radius 2 is 1.94 bits per heavy atom. The molecular weight excluding hydrogens is 214 g/mol. The minimum Gasteiger partial charge on any atom is -0.368 e. The van der Waals surface area contributed by atoms with E-state index in [0.717, 1.165) is 37.4 Å². The van der Waals surface area contributed by atoms with Gasteiger partial charge in [0.2, 0.25) is 5.95 Å². The van der Waals surface area contributed by atoms with E-state index < -0.39 is 0 Å². The molecule has 5 heteroatoms. The number of nitrogen functional groups attached to an aromatic ring is 1. The van der Waals surface area contributed by atoms with E-state index in [4.69, 9.17) is 5.73 Å². The topological polar surface area (TPSA) is 58.3 Å². The molecule has 0 aliphatic heterocycles. The molecule has 0 aromatic carbocycles. The summed E-state index contributed by atoms with van der Waals surface area (Å²) in [7, 11) is 4.15. The predicted molar refractivity (Wildman–Crippen MR) is 72.2 cm³/mol. The average molecular weight is 237 g/mol. The van der Waals surface area contributed by atoms with Gasteiger partial charge < -0.3 is 15.5 Å². The van der Waals surface area contributed by atoms with Crippen LogP contribution in [0.15, 0.2) is 6.20 Å². The summed E-state index contributed by atoms with van der Waals surface area (Å²) in [5.74, 6) is 1.30. The molecule has 0 saturated heterocycles. The Kier molecular flexibility index (Phi) is 5.15. The highest BCUT2D eigenvalue weighted by Crippen LogP contribution is 2.17. The fourth-order valence-electron chi connectivity index (χ4n) is 1.68. The zero-order chi connectivity index (χ0) is 12.8. The zero-order valence-corrected chi connectivity index (χ0v) is 11.3. The first kappa shape index (κ1) is 13.7. The molecule has 0 aliphatic rings. The third kappa shape index (κ3) is 4.19. The van der Waals surface area contributed by atoms with Crippen molar-refractivity contribution in [2.75, 3.05) is 44.4 Å². The standard InChI is InChI=1S/C12H23N5/c1-5-6-17(8-7-16(3)4)11-10(2)9-14-12(13)15-11/h9H,5-8H2,1-4H3,(H2,13,14,15). The number of aromatic nitrogens is 2. The number of nitrogens with zero attached hydrogens (tertiary/aromatic N) is 4. The Balaban J connectivity index is 2.84. The van der Waals surface area contributed by atoms with Crippen LogP contribution in [-0.2, 0) is 0 Å². The molecule has 0 fully saturated rings. The summed E-state index contributed by atoms with van der Waals surface area (Å²) in [5, 5.41) is 0. The van der Waals surface area contributed by atoms with Crippen molar-refractivity contribution in [3.05, 3.63) is 11.8 Å². The Bertz CT molecular complexity index is 351. The molecule has 5 nitrogen and oxygen atoms in total. The summed E-state index contributed by atoms with van der Waals surface area (Å²) in [6, 6.07) is 0. The van der Waals surface area contributed by atoms with E-state index >= 15 is 0 Å². The molecule has 17 heavy (non-hydrogen) atoms. The fraction of sp³-hybridized carbons (Fsp3) is 0.667. The van der Waals surface area contributed by atoms with E-state index in [9.17, 15) is 0 Å². The van der Waals surface area contributed by atoms with Crippen LogP contribution in [0.25, 0.3) is 0 Å². The van der Waals surface area contributed by atoms with Crippen LogP contribution < -0.4 is 10.6 Å². The quantitative estimate of drug-likeness (QED) is 0.804. The summed E-state index contributed by atoms with van der Waals surface area (Å²) < 4.78 is 0. The highest BCUT2D eigenvalue weighted by Gasteiger charge is 2.11. The van der Waals surface area contributed by atoms with E-state index in [1.54, 1.807) is 6.20 Å². The van der Waals surface area contributed by atoms with Crippen LogP contribution in [0.5, 0.6) is 0 Å². The van der Waals surface area contributed by atoms with Crippen LogP contribution in [0.2, 0.25) is 0 Å². The van der Waals surface area contributed by atoms with Crippen LogP contribution >= 0.6 is 0 Å². The van der Waals surface area contributed by atoms with Crippen molar-refractivity contribution in [3.63, 3.8) is 0 Å². The van der Waals surface area contributed by atoms with E-state index in [2.05, 4.69) is 40.8 Å². The number of rotatable bonds is 6. The lowest BCUT2D eigenvalue weighted by molar-refractivity contribution is 0.412. The molecule has 1 heterocycles. The molecule has 1 aromatic heterocycles. The third-order valence-electron chi connectivity index (χ3n) is 2.57. The van der Waals surface area contributed by atoms with Crippen molar-refractivity contribution in [1.29, 1.82) is 0 Å². The van der Waals surface area contributed by atoms with Crippen LogP contribution in [0.4, 0.5) is 11.8 Å².